The highest BCUT2D eigenvalue weighted by molar-refractivity contribution is 5.85. The molecule has 0 saturated carbocycles. The van der Waals surface area contributed by atoms with E-state index in [2.05, 4.69) is 30.4 Å². The van der Waals surface area contributed by atoms with Crippen LogP contribution in [0, 0.1) is 6.92 Å². The molecule has 0 aliphatic carbocycles. The zero-order chi connectivity index (χ0) is 17.5. The second-order valence-corrected chi connectivity index (χ2v) is 5.82. The van der Waals surface area contributed by atoms with Crippen LogP contribution in [-0.2, 0) is 4.79 Å². The Morgan fingerprint density at radius 2 is 2.04 bits per heavy atom. The molecular weight excluding hydrogens is 304 g/mol. The van der Waals surface area contributed by atoms with Crippen molar-refractivity contribution >= 4 is 12.1 Å². The normalized spacial score (nSPS) is 11.0. The van der Waals surface area contributed by atoms with Crippen molar-refractivity contribution in [3.63, 3.8) is 0 Å². The van der Waals surface area contributed by atoms with Gasteiger partial charge in [0.1, 0.15) is 11.5 Å². The number of amides is 1. The lowest BCUT2D eigenvalue weighted by molar-refractivity contribution is -0.123. The molecule has 0 aliphatic heterocycles. The molecule has 2 rings (SSSR count). The molecule has 2 N–H and O–H groups in total. The van der Waals surface area contributed by atoms with Crippen LogP contribution in [0.2, 0.25) is 0 Å². The summed E-state index contributed by atoms with van der Waals surface area (Å²) in [4.78, 5) is 11.8. The van der Waals surface area contributed by atoms with Crippen molar-refractivity contribution in [2.45, 2.75) is 26.7 Å². The van der Waals surface area contributed by atoms with Crippen LogP contribution in [0.3, 0.4) is 0 Å². The molecule has 0 aliphatic rings. The second-order valence-electron chi connectivity index (χ2n) is 5.82. The number of aromatic hydroxyl groups is 1. The van der Waals surface area contributed by atoms with Crippen molar-refractivity contribution < 1.29 is 14.6 Å². The fourth-order valence-electron chi connectivity index (χ4n) is 2.08. The van der Waals surface area contributed by atoms with Gasteiger partial charge in [0.25, 0.3) is 5.91 Å². The third-order valence-corrected chi connectivity index (χ3v) is 3.57. The number of phenols is 1. The van der Waals surface area contributed by atoms with E-state index in [4.69, 9.17) is 4.74 Å². The van der Waals surface area contributed by atoms with Gasteiger partial charge in [0.2, 0.25) is 0 Å². The number of para-hydroxylation sites is 1. The fraction of sp³-hybridized carbons (Fsp3) is 0.263. The molecular formula is C19H22N2O3. The third-order valence-electron chi connectivity index (χ3n) is 3.57. The van der Waals surface area contributed by atoms with E-state index in [-0.39, 0.29) is 18.3 Å². The first kappa shape index (κ1) is 17.5. The largest absolute Gasteiger partial charge is 0.507 e. The van der Waals surface area contributed by atoms with Crippen LogP contribution in [0.5, 0.6) is 11.5 Å². The molecule has 5 nitrogen and oxygen atoms in total. The first-order chi connectivity index (χ1) is 11.5. The Morgan fingerprint density at radius 1 is 1.29 bits per heavy atom. The Kier molecular flexibility index (Phi) is 5.95. The summed E-state index contributed by atoms with van der Waals surface area (Å²) in [6.45, 7) is 6.03. The maximum Gasteiger partial charge on any atom is 0.277 e. The lowest BCUT2D eigenvalue weighted by atomic mass is 10.0. The number of nitrogens with zero attached hydrogens (tertiary/aromatic N) is 1. The third kappa shape index (κ3) is 4.84. The fourth-order valence-corrected chi connectivity index (χ4v) is 2.08. The second kappa shape index (κ2) is 8.15. The number of hydrogen-bond donors (Lipinski definition) is 2. The monoisotopic (exact) mass is 326 g/mol. The number of carbonyl (C=O) groups is 1. The van der Waals surface area contributed by atoms with E-state index >= 15 is 0 Å². The van der Waals surface area contributed by atoms with Crippen LogP contribution in [0.25, 0.3) is 0 Å². The van der Waals surface area contributed by atoms with Crippen molar-refractivity contribution in [1.29, 1.82) is 0 Å². The molecule has 5 heteroatoms. The lowest BCUT2D eigenvalue weighted by Crippen LogP contribution is -2.24. The molecule has 0 heterocycles. The zero-order valence-electron chi connectivity index (χ0n) is 14.1. The van der Waals surface area contributed by atoms with E-state index in [0.29, 0.717) is 17.2 Å². The van der Waals surface area contributed by atoms with E-state index in [1.165, 1.54) is 6.21 Å². The molecule has 0 radical (unpaired) electrons. The molecule has 0 saturated heterocycles. The molecule has 0 bridgehead atoms. The molecule has 2 aromatic carbocycles. The van der Waals surface area contributed by atoms with Crippen LogP contribution >= 0.6 is 0 Å². The summed E-state index contributed by atoms with van der Waals surface area (Å²) < 4.78 is 5.58. The van der Waals surface area contributed by atoms with Gasteiger partial charge in [-0.3, -0.25) is 4.79 Å². The van der Waals surface area contributed by atoms with Crippen LogP contribution in [0.1, 0.15) is 36.5 Å². The summed E-state index contributed by atoms with van der Waals surface area (Å²) in [7, 11) is 0. The molecule has 1 amide bonds. The number of benzene rings is 2. The molecule has 126 valence electrons. The van der Waals surface area contributed by atoms with Crippen molar-refractivity contribution in [2.24, 2.45) is 5.10 Å². The Bertz CT molecular complexity index is 739. The predicted octanol–water partition coefficient (Wildman–Crippen LogP) is 3.35. The number of nitrogens with one attached hydrogen (secondary N) is 1. The van der Waals surface area contributed by atoms with Crippen molar-refractivity contribution in [1.82, 2.24) is 5.43 Å². The van der Waals surface area contributed by atoms with Gasteiger partial charge in [0, 0.05) is 5.56 Å². The van der Waals surface area contributed by atoms with Crippen LogP contribution in [0.15, 0.2) is 47.6 Å². The zero-order valence-corrected chi connectivity index (χ0v) is 14.1. The van der Waals surface area contributed by atoms with Gasteiger partial charge in [0.15, 0.2) is 6.61 Å². The minimum atomic E-state index is -0.365. The number of rotatable bonds is 6. The number of hydrazone groups is 1. The topological polar surface area (TPSA) is 70.9 Å². The van der Waals surface area contributed by atoms with Gasteiger partial charge in [-0.1, -0.05) is 38.1 Å². The summed E-state index contributed by atoms with van der Waals surface area (Å²) in [5.41, 5.74) is 5.04. The Hall–Kier alpha value is -2.82. The molecule has 0 spiro atoms. The number of hydrogen-bond acceptors (Lipinski definition) is 4. The standard InChI is InChI=1S/C19H22N2O3/c1-13(2)15-9-8-14(3)18(10-15)24-12-19(23)21-20-11-16-6-4-5-7-17(16)22/h4-11,13,22H,12H2,1-3H3,(H,21,23)/b20-11+. The minimum absolute atomic E-state index is 0.105. The number of ether oxygens (including phenoxy) is 1. The van der Waals surface area contributed by atoms with Gasteiger partial charge in [-0.15, -0.1) is 0 Å². The highest BCUT2D eigenvalue weighted by atomic mass is 16.5. The quantitative estimate of drug-likeness (QED) is 0.632. The maximum atomic E-state index is 11.8. The Balaban J connectivity index is 1.90. The molecule has 0 atom stereocenters. The van der Waals surface area contributed by atoms with Gasteiger partial charge >= 0.3 is 0 Å². The Labute approximate surface area is 142 Å². The summed E-state index contributed by atoms with van der Waals surface area (Å²) in [6, 6.07) is 12.7. The lowest BCUT2D eigenvalue weighted by Gasteiger charge is -2.12. The smallest absolute Gasteiger partial charge is 0.277 e. The number of phenolic OH excluding ortho intramolecular Hbond substituents is 1. The first-order valence-corrected chi connectivity index (χ1v) is 7.80. The summed E-state index contributed by atoms with van der Waals surface area (Å²) in [6.07, 6.45) is 1.39. The van der Waals surface area contributed by atoms with E-state index in [9.17, 15) is 9.90 Å². The van der Waals surface area contributed by atoms with Crippen molar-refractivity contribution in [3.05, 3.63) is 59.2 Å². The Morgan fingerprint density at radius 3 is 2.75 bits per heavy atom. The van der Waals surface area contributed by atoms with Crippen LogP contribution in [-0.4, -0.2) is 23.8 Å². The molecule has 0 unspecified atom stereocenters. The molecule has 0 aromatic heterocycles. The predicted molar refractivity (Wildman–Crippen MR) is 94.6 cm³/mol. The van der Waals surface area contributed by atoms with E-state index in [1.807, 2.05) is 19.1 Å². The summed E-state index contributed by atoms with van der Waals surface area (Å²) >= 11 is 0. The van der Waals surface area contributed by atoms with Crippen LogP contribution < -0.4 is 10.2 Å². The van der Waals surface area contributed by atoms with Crippen LogP contribution in [0.4, 0.5) is 0 Å². The highest BCUT2D eigenvalue weighted by Crippen LogP contribution is 2.24. The number of carbonyl (C=O) groups excluding carboxylic acids is 1. The van der Waals surface area contributed by atoms with Gasteiger partial charge < -0.3 is 9.84 Å². The average molecular weight is 326 g/mol. The minimum Gasteiger partial charge on any atom is -0.507 e. The highest BCUT2D eigenvalue weighted by Gasteiger charge is 2.07. The first-order valence-electron chi connectivity index (χ1n) is 7.80. The van der Waals surface area contributed by atoms with E-state index < -0.39 is 0 Å². The summed E-state index contributed by atoms with van der Waals surface area (Å²) in [5.74, 6) is 0.829. The van der Waals surface area contributed by atoms with Gasteiger partial charge in [-0.25, -0.2) is 5.43 Å². The van der Waals surface area contributed by atoms with Gasteiger partial charge in [0.05, 0.1) is 6.21 Å². The SMILES string of the molecule is Cc1ccc(C(C)C)cc1OCC(=O)N/N=C/c1ccccc1O. The molecule has 0 fully saturated rings. The van der Waals surface area contributed by atoms with Crippen molar-refractivity contribution in [3.8, 4) is 11.5 Å². The molecule has 24 heavy (non-hydrogen) atoms. The molecule has 2 aromatic rings. The van der Waals surface area contributed by atoms with E-state index in [0.717, 1.165) is 11.1 Å². The summed E-state index contributed by atoms with van der Waals surface area (Å²) in [5, 5.41) is 13.4. The average Bonchev–Trinajstić information content (AvgIpc) is 2.55. The van der Waals surface area contributed by atoms with Crippen molar-refractivity contribution in [2.75, 3.05) is 6.61 Å². The van der Waals surface area contributed by atoms with Gasteiger partial charge in [-0.2, -0.15) is 5.10 Å². The van der Waals surface area contributed by atoms with E-state index in [1.54, 1.807) is 24.3 Å². The maximum absolute atomic E-state index is 11.8. The van der Waals surface area contributed by atoms with Gasteiger partial charge in [-0.05, 0) is 42.2 Å². The number of aryl methyl sites for hydroxylation is 1.